The molecule has 0 radical (unpaired) electrons. The normalized spacial score (nSPS) is 24.4. The molecule has 2 heterocycles. The number of benzene rings is 1. The second-order valence-electron chi connectivity index (χ2n) is 9.10. The zero-order valence-electron chi connectivity index (χ0n) is 17.0. The minimum atomic E-state index is -0.415. The number of rotatable bonds is 5. The van der Waals surface area contributed by atoms with E-state index in [2.05, 4.69) is 47.6 Å². The van der Waals surface area contributed by atoms with Crippen LogP contribution in [0.3, 0.4) is 0 Å². The van der Waals surface area contributed by atoms with Crippen LogP contribution in [0.2, 0.25) is 0 Å². The molecule has 1 fully saturated rings. The lowest BCUT2D eigenvalue weighted by molar-refractivity contribution is -0.124. The van der Waals surface area contributed by atoms with Gasteiger partial charge in [-0.25, -0.2) is 0 Å². The zero-order chi connectivity index (χ0) is 20.2. The molecule has 2 aliphatic carbocycles. The van der Waals surface area contributed by atoms with E-state index in [9.17, 15) is 9.90 Å². The van der Waals surface area contributed by atoms with E-state index in [1.54, 1.807) is 0 Å². The van der Waals surface area contributed by atoms with Gasteiger partial charge in [0.15, 0.2) is 0 Å². The van der Waals surface area contributed by atoms with Gasteiger partial charge in [-0.1, -0.05) is 25.1 Å². The highest BCUT2D eigenvalue weighted by Crippen LogP contribution is 2.50. The van der Waals surface area contributed by atoms with E-state index < -0.39 is 11.0 Å². The van der Waals surface area contributed by atoms with Crippen LogP contribution >= 0.6 is 0 Å². The number of nitrogens with one attached hydrogen (secondary N) is 2. The van der Waals surface area contributed by atoms with Crippen LogP contribution in [-0.4, -0.2) is 34.8 Å². The molecule has 1 aromatic heterocycles. The van der Waals surface area contributed by atoms with Gasteiger partial charge in [0, 0.05) is 23.4 Å². The first-order valence-corrected chi connectivity index (χ1v) is 10.5. The predicted octanol–water partition coefficient (Wildman–Crippen LogP) is 1.62. The first-order chi connectivity index (χ1) is 13.9. The van der Waals surface area contributed by atoms with Gasteiger partial charge in [-0.15, -0.1) is 0 Å². The third kappa shape index (κ3) is 3.08. The smallest absolute Gasteiger partial charge is 0.231 e. The molecule has 5 nitrogen and oxygen atoms in total. The molecule has 1 aliphatic heterocycles. The van der Waals surface area contributed by atoms with E-state index in [4.69, 9.17) is 4.74 Å². The summed E-state index contributed by atoms with van der Waals surface area (Å²) in [7, 11) is 0. The molecule has 2 unspecified atom stereocenters. The Morgan fingerprint density at radius 2 is 2.17 bits per heavy atom. The van der Waals surface area contributed by atoms with Crippen LogP contribution in [0, 0.1) is 0 Å². The summed E-state index contributed by atoms with van der Waals surface area (Å²) < 4.78 is 5.62. The van der Waals surface area contributed by atoms with Gasteiger partial charge >= 0.3 is 0 Å². The van der Waals surface area contributed by atoms with Crippen molar-refractivity contribution in [3.8, 4) is 5.75 Å². The van der Waals surface area contributed by atoms with Gasteiger partial charge in [-0.3, -0.25) is 4.79 Å². The van der Waals surface area contributed by atoms with E-state index in [0.717, 1.165) is 59.9 Å². The summed E-state index contributed by atoms with van der Waals surface area (Å²) in [6.07, 6.45) is 7.75. The number of ether oxygens (including phenoxy) is 1. The van der Waals surface area contributed by atoms with Crippen LogP contribution < -0.4 is 20.6 Å². The molecule has 5 heteroatoms. The summed E-state index contributed by atoms with van der Waals surface area (Å²) >= 11 is 0. The highest BCUT2D eigenvalue weighted by atomic mass is 16.5. The third-order valence-corrected chi connectivity index (χ3v) is 6.74. The van der Waals surface area contributed by atoms with Crippen molar-refractivity contribution in [1.29, 1.82) is 0 Å². The van der Waals surface area contributed by atoms with E-state index in [1.807, 2.05) is 13.0 Å². The van der Waals surface area contributed by atoms with Crippen LogP contribution in [0.25, 0.3) is 12.2 Å². The second-order valence-corrected chi connectivity index (χ2v) is 9.10. The van der Waals surface area contributed by atoms with Crippen molar-refractivity contribution in [2.24, 2.45) is 0 Å². The molecular weight excluding hydrogens is 364 g/mol. The fourth-order valence-electron chi connectivity index (χ4n) is 4.60. The minimum absolute atomic E-state index is 0.0711. The van der Waals surface area contributed by atoms with E-state index >= 15 is 0 Å². The third-order valence-electron chi connectivity index (χ3n) is 6.74. The maximum atomic E-state index is 13.4. The molecule has 29 heavy (non-hydrogen) atoms. The summed E-state index contributed by atoms with van der Waals surface area (Å²) in [4.78, 5) is 16.8. The summed E-state index contributed by atoms with van der Waals surface area (Å²) in [6, 6.07) is 8.33. The van der Waals surface area contributed by atoms with Crippen molar-refractivity contribution in [2.75, 3.05) is 13.2 Å². The number of aliphatic hydroxyl groups is 1. The van der Waals surface area contributed by atoms with Crippen molar-refractivity contribution < 1.29 is 14.6 Å². The molecule has 2 atom stereocenters. The quantitative estimate of drug-likeness (QED) is 0.724. The van der Waals surface area contributed by atoms with Crippen LogP contribution in [-0.2, 0) is 16.6 Å². The lowest BCUT2D eigenvalue weighted by Crippen LogP contribution is -2.51. The number of hydrogen-bond acceptors (Lipinski definition) is 3. The Balaban J connectivity index is 1.40. The number of aliphatic hydroxyl groups excluding tert-OH is 1. The molecule has 3 aliphatic rings. The number of aromatic amines is 1. The lowest BCUT2D eigenvalue weighted by atomic mass is 9.88. The maximum Gasteiger partial charge on any atom is 0.231 e. The average molecular weight is 392 g/mol. The zero-order valence-corrected chi connectivity index (χ0v) is 17.0. The molecular formula is C24H28N2O3. The Kier molecular flexibility index (Phi) is 4.14. The van der Waals surface area contributed by atoms with Crippen LogP contribution in [0.4, 0.5) is 0 Å². The highest BCUT2D eigenvalue weighted by molar-refractivity contribution is 5.92. The molecule has 1 aromatic carbocycles. The van der Waals surface area contributed by atoms with Crippen LogP contribution in [0.15, 0.2) is 24.3 Å². The topological polar surface area (TPSA) is 74.4 Å². The summed E-state index contributed by atoms with van der Waals surface area (Å²) in [5.41, 5.74) is 2.54. The molecule has 0 saturated heterocycles. The molecule has 5 rings (SSSR count). The standard InChI is InChI=1S/C24H28N2O3/c1-15(14-27)20-12-17-13-23(2,7-5-19(17)25-20)26-22(28)24(8-9-24)18-3-4-21-16(11-18)6-10-29-21/h3-5,11-13,15,25,27H,6-10,14H2,1-2H3,(H,26,28). The molecule has 1 saturated carbocycles. The van der Waals surface area contributed by atoms with Gasteiger partial charge in [-0.2, -0.15) is 0 Å². The van der Waals surface area contributed by atoms with Gasteiger partial charge in [-0.05, 0) is 60.7 Å². The SMILES string of the molecule is CC(CO)c1cc2c([nH]1)=CCC(C)(NC(=O)C1(c3ccc4c(c3)CCO4)CC1)C=2. The van der Waals surface area contributed by atoms with Gasteiger partial charge in [0.1, 0.15) is 5.75 Å². The minimum Gasteiger partial charge on any atom is -0.493 e. The maximum absolute atomic E-state index is 13.4. The number of fused-ring (bicyclic) bond motifs is 2. The first-order valence-electron chi connectivity index (χ1n) is 10.5. The Bertz CT molecular complexity index is 1100. The van der Waals surface area contributed by atoms with Crippen molar-refractivity contribution in [2.45, 2.75) is 56.4 Å². The monoisotopic (exact) mass is 392 g/mol. The predicted molar refractivity (Wildman–Crippen MR) is 112 cm³/mol. The number of carbonyl (C=O) groups is 1. The lowest BCUT2D eigenvalue weighted by Gasteiger charge is -2.30. The number of amides is 1. The van der Waals surface area contributed by atoms with E-state index in [0.29, 0.717) is 0 Å². The van der Waals surface area contributed by atoms with Gasteiger partial charge in [0.2, 0.25) is 5.91 Å². The molecule has 2 aromatic rings. The van der Waals surface area contributed by atoms with Crippen LogP contribution in [0.5, 0.6) is 5.75 Å². The number of H-pyrrole nitrogens is 1. The first kappa shape index (κ1) is 18.5. The fraction of sp³-hybridized carbons (Fsp3) is 0.458. The Hall–Kier alpha value is -2.53. The second kappa shape index (κ2) is 6.49. The Morgan fingerprint density at radius 3 is 2.93 bits per heavy atom. The summed E-state index contributed by atoms with van der Waals surface area (Å²) in [5.74, 6) is 1.15. The Morgan fingerprint density at radius 1 is 1.34 bits per heavy atom. The van der Waals surface area contributed by atoms with Crippen LogP contribution in [0.1, 0.15) is 55.8 Å². The summed E-state index contributed by atoms with van der Waals surface area (Å²) in [6.45, 7) is 4.92. The fourth-order valence-corrected chi connectivity index (χ4v) is 4.60. The summed E-state index contributed by atoms with van der Waals surface area (Å²) in [5, 5.41) is 14.9. The number of aromatic nitrogens is 1. The largest absolute Gasteiger partial charge is 0.493 e. The van der Waals surface area contributed by atoms with Crippen molar-refractivity contribution in [1.82, 2.24) is 10.3 Å². The number of carbonyl (C=O) groups excluding carboxylic acids is 1. The van der Waals surface area contributed by atoms with Gasteiger partial charge < -0.3 is 20.1 Å². The molecule has 1 amide bonds. The molecule has 3 N–H and O–H groups in total. The number of hydrogen-bond donors (Lipinski definition) is 3. The van der Waals surface area contributed by atoms with Crippen molar-refractivity contribution in [3.05, 3.63) is 51.7 Å². The molecule has 152 valence electrons. The van der Waals surface area contributed by atoms with E-state index in [1.165, 1.54) is 5.56 Å². The van der Waals surface area contributed by atoms with Crippen molar-refractivity contribution in [3.63, 3.8) is 0 Å². The molecule has 0 bridgehead atoms. The van der Waals surface area contributed by atoms with Gasteiger partial charge in [0.25, 0.3) is 0 Å². The van der Waals surface area contributed by atoms with Gasteiger partial charge in [0.05, 0.1) is 24.2 Å². The average Bonchev–Trinajstić information content (AvgIpc) is 3.21. The van der Waals surface area contributed by atoms with Crippen molar-refractivity contribution >= 4 is 18.1 Å². The van der Waals surface area contributed by atoms with E-state index in [-0.39, 0.29) is 18.4 Å². The highest BCUT2D eigenvalue weighted by Gasteiger charge is 2.52. The Labute approximate surface area is 170 Å². The molecule has 0 spiro atoms.